The van der Waals surface area contributed by atoms with Crippen LogP contribution in [0.15, 0.2) is 48.5 Å². The molecule has 0 bridgehead atoms. The van der Waals surface area contributed by atoms with Crippen LogP contribution in [0.3, 0.4) is 0 Å². The van der Waals surface area contributed by atoms with E-state index in [1.54, 1.807) is 12.1 Å². The van der Waals surface area contributed by atoms with Crippen molar-refractivity contribution in [3.8, 4) is 0 Å². The topological polar surface area (TPSA) is 81.8 Å². The van der Waals surface area contributed by atoms with Gasteiger partial charge in [-0.15, -0.1) is 0 Å². The van der Waals surface area contributed by atoms with Crippen molar-refractivity contribution >= 4 is 23.5 Å². The molecule has 9 heteroatoms. The zero-order valence-electron chi connectivity index (χ0n) is 17.6. The maximum absolute atomic E-state index is 13.2. The lowest BCUT2D eigenvalue weighted by Gasteiger charge is -2.22. The van der Waals surface area contributed by atoms with Crippen molar-refractivity contribution < 1.29 is 23.2 Å². The number of carbonyl (C=O) groups is 3. The number of imide groups is 1. The normalized spacial score (nSPS) is 22.9. The van der Waals surface area contributed by atoms with Crippen LogP contribution in [0.4, 0.5) is 19.3 Å². The van der Waals surface area contributed by atoms with Crippen LogP contribution >= 0.6 is 0 Å². The van der Waals surface area contributed by atoms with Crippen LogP contribution in [-0.2, 0) is 15.1 Å². The highest BCUT2D eigenvalue weighted by Crippen LogP contribution is 2.29. The molecule has 0 aliphatic carbocycles. The van der Waals surface area contributed by atoms with E-state index < -0.39 is 35.7 Å². The van der Waals surface area contributed by atoms with Gasteiger partial charge in [0.15, 0.2) is 0 Å². The lowest BCUT2D eigenvalue weighted by Crippen LogP contribution is -2.44. The van der Waals surface area contributed by atoms with Crippen LogP contribution in [0.1, 0.15) is 18.9 Å². The van der Waals surface area contributed by atoms with E-state index >= 15 is 0 Å². The lowest BCUT2D eigenvalue weighted by atomic mass is 9.92. The van der Waals surface area contributed by atoms with Gasteiger partial charge < -0.3 is 15.5 Å². The number of anilines is 1. The zero-order chi connectivity index (χ0) is 22.9. The summed E-state index contributed by atoms with van der Waals surface area (Å²) < 4.78 is 26.3. The van der Waals surface area contributed by atoms with Gasteiger partial charge in [0.1, 0.15) is 23.7 Å². The molecule has 0 radical (unpaired) electrons. The number of rotatable bonds is 6. The molecule has 2 heterocycles. The zero-order valence-corrected chi connectivity index (χ0v) is 17.6. The average molecular weight is 442 g/mol. The SMILES string of the molecule is CC1(c2ccc(F)cc2)NC(=O)N(CC(=O)NCC2CCN(c3ccc(F)cc3)C2)C1=O. The van der Waals surface area contributed by atoms with E-state index in [0.717, 1.165) is 30.1 Å². The Balaban J connectivity index is 1.30. The first-order valence-electron chi connectivity index (χ1n) is 10.4. The molecule has 2 fully saturated rings. The summed E-state index contributed by atoms with van der Waals surface area (Å²) in [6.45, 7) is 3.07. The second-order valence-corrected chi connectivity index (χ2v) is 8.33. The van der Waals surface area contributed by atoms with Crippen LogP contribution in [0.25, 0.3) is 0 Å². The van der Waals surface area contributed by atoms with Gasteiger partial charge in [-0.3, -0.25) is 14.5 Å². The molecule has 0 spiro atoms. The van der Waals surface area contributed by atoms with Gasteiger partial charge in [-0.1, -0.05) is 12.1 Å². The number of nitrogens with zero attached hydrogens (tertiary/aromatic N) is 2. The number of urea groups is 1. The summed E-state index contributed by atoms with van der Waals surface area (Å²) in [5.74, 6) is -1.52. The van der Waals surface area contributed by atoms with Gasteiger partial charge in [0.25, 0.3) is 5.91 Å². The Morgan fingerprint density at radius 1 is 1.09 bits per heavy atom. The Kier molecular flexibility index (Phi) is 5.82. The molecule has 0 aromatic heterocycles. The molecule has 7 nitrogen and oxygen atoms in total. The second-order valence-electron chi connectivity index (χ2n) is 8.33. The van der Waals surface area contributed by atoms with Gasteiger partial charge in [-0.25, -0.2) is 13.6 Å². The quantitative estimate of drug-likeness (QED) is 0.673. The monoisotopic (exact) mass is 442 g/mol. The highest BCUT2D eigenvalue weighted by atomic mass is 19.1. The first-order valence-corrected chi connectivity index (χ1v) is 10.4. The predicted molar refractivity (Wildman–Crippen MR) is 114 cm³/mol. The summed E-state index contributed by atoms with van der Waals surface area (Å²) in [6.07, 6.45) is 0.865. The van der Waals surface area contributed by atoms with E-state index in [1.165, 1.54) is 43.3 Å². The summed E-state index contributed by atoms with van der Waals surface area (Å²) in [5, 5.41) is 5.40. The highest BCUT2D eigenvalue weighted by molar-refractivity contribution is 6.09. The molecule has 168 valence electrons. The molecule has 32 heavy (non-hydrogen) atoms. The van der Waals surface area contributed by atoms with E-state index in [0.29, 0.717) is 12.1 Å². The van der Waals surface area contributed by atoms with Crippen molar-refractivity contribution in [3.63, 3.8) is 0 Å². The molecule has 4 amide bonds. The summed E-state index contributed by atoms with van der Waals surface area (Å²) in [7, 11) is 0. The summed E-state index contributed by atoms with van der Waals surface area (Å²) in [6, 6.07) is 10.9. The van der Waals surface area contributed by atoms with Crippen molar-refractivity contribution in [2.45, 2.75) is 18.9 Å². The molecule has 0 saturated carbocycles. The molecule has 2 aromatic rings. The highest BCUT2D eigenvalue weighted by Gasteiger charge is 2.49. The Morgan fingerprint density at radius 2 is 1.72 bits per heavy atom. The first-order chi connectivity index (χ1) is 15.3. The van der Waals surface area contributed by atoms with Gasteiger partial charge in [-0.05, 0) is 61.2 Å². The molecular weight excluding hydrogens is 418 g/mol. The Bertz CT molecular complexity index is 1030. The third kappa shape index (κ3) is 4.28. The van der Waals surface area contributed by atoms with Crippen LogP contribution in [0.2, 0.25) is 0 Å². The van der Waals surface area contributed by atoms with Gasteiger partial charge in [0.05, 0.1) is 0 Å². The van der Waals surface area contributed by atoms with E-state index in [-0.39, 0.29) is 11.7 Å². The molecule has 2 aliphatic rings. The largest absolute Gasteiger partial charge is 0.371 e. The molecular formula is C23H24F2N4O3. The number of amides is 4. The fourth-order valence-electron chi connectivity index (χ4n) is 4.16. The van der Waals surface area contributed by atoms with E-state index in [4.69, 9.17) is 0 Å². The van der Waals surface area contributed by atoms with Crippen molar-refractivity contribution in [2.75, 3.05) is 31.1 Å². The fourth-order valence-corrected chi connectivity index (χ4v) is 4.16. The second kappa shape index (κ2) is 8.57. The number of benzene rings is 2. The van der Waals surface area contributed by atoms with Crippen molar-refractivity contribution in [3.05, 3.63) is 65.7 Å². The molecule has 2 unspecified atom stereocenters. The Labute approximate surface area is 184 Å². The molecule has 2 atom stereocenters. The number of hydrogen-bond acceptors (Lipinski definition) is 4. The average Bonchev–Trinajstić information content (AvgIpc) is 3.32. The number of hydrogen-bond donors (Lipinski definition) is 2. The number of carbonyl (C=O) groups excluding carboxylic acids is 3. The minimum absolute atomic E-state index is 0.205. The predicted octanol–water partition coefficient (Wildman–Crippen LogP) is 2.37. The molecule has 4 rings (SSSR count). The Hall–Kier alpha value is -3.49. The van der Waals surface area contributed by atoms with E-state index in [2.05, 4.69) is 15.5 Å². The smallest absolute Gasteiger partial charge is 0.325 e. The van der Waals surface area contributed by atoms with E-state index in [9.17, 15) is 23.2 Å². The number of halogens is 2. The van der Waals surface area contributed by atoms with Crippen molar-refractivity contribution in [1.82, 2.24) is 15.5 Å². The first kappa shape index (κ1) is 21.7. The Morgan fingerprint density at radius 3 is 2.38 bits per heavy atom. The fraction of sp³-hybridized carbons (Fsp3) is 0.348. The summed E-state index contributed by atoms with van der Waals surface area (Å²) in [4.78, 5) is 40.7. The van der Waals surface area contributed by atoms with Gasteiger partial charge in [-0.2, -0.15) is 0 Å². The molecule has 2 aliphatic heterocycles. The van der Waals surface area contributed by atoms with Gasteiger partial charge >= 0.3 is 6.03 Å². The van der Waals surface area contributed by atoms with Crippen molar-refractivity contribution in [1.29, 1.82) is 0 Å². The van der Waals surface area contributed by atoms with Crippen LogP contribution in [0.5, 0.6) is 0 Å². The summed E-state index contributed by atoms with van der Waals surface area (Å²) >= 11 is 0. The maximum Gasteiger partial charge on any atom is 0.325 e. The maximum atomic E-state index is 13.2. The number of nitrogens with one attached hydrogen (secondary N) is 2. The molecule has 2 N–H and O–H groups in total. The van der Waals surface area contributed by atoms with Crippen molar-refractivity contribution in [2.24, 2.45) is 5.92 Å². The lowest BCUT2D eigenvalue weighted by molar-refractivity contribution is -0.134. The van der Waals surface area contributed by atoms with Crippen LogP contribution in [0, 0.1) is 17.6 Å². The van der Waals surface area contributed by atoms with Gasteiger partial charge in [0.2, 0.25) is 5.91 Å². The van der Waals surface area contributed by atoms with Crippen LogP contribution < -0.4 is 15.5 Å². The molecule has 2 aromatic carbocycles. The third-order valence-electron chi connectivity index (χ3n) is 6.06. The standard InChI is InChI=1S/C23H24F2N4O3/c1-23(16-2-4-17(24)5-3-16)21(31)29(22(32)27-23)14-20(30)26-12-15-10-11-28(13-15)19-8-6-18(25)7-9-19/h2-9,15H,10-14H2,1H3,(H,26,30)(H,27,32). The van der Waals surface area contributed by atoms with E-state index in [1.807, 2.05) is 0 Å². The molecule has 2 saturated heterocycles. The minimum atomic E-state index is -1.35. The van der Waals surface area contributed by atoms with Gasteiger partial charge in [0, 0.05) is 25.3 Å². The third-order valence-corrected chi connectivity index (χ3v) is 6.06. The minimum Gasteiger partial charge on any atom is -0.371 e. The summed E-state index contributed by atoms with van der Waals surface area (Å²) in [5.41, 5.74) is 0.0123. The van der Waals surface area contributed by atoms with Crippen LogP contribution in [-0.4, -0.2) is 48.9 Å².